The second kappa shape index (κ2) is 7.76. The van der Waals surface area contributed by atoms with Crippen LogP contribution in [0.4, 0.5) is 0 Å². The molecule has 4 rings (SSSR count). The van der Waals surface area contributed by atoms with Crippen molar-refractivity contribution < 1.29 is 9.53 Å². The third kappa shape index (κ3) is 3.54. The molecule has 1 N–H and O–H groups in total. The third-order valence-corrected chi connectivity index (χ3v) is 5.65. The molecule has 0 saturated heterocycles. The summed E-state index contributed by atoms with van der Waals surface area (Å²) in [6, 6.07) is 15.7. The molecule has 0 fully saturated rings. The smallest absolute Gasteiger partial charge is 0.173 e. The first-order valence-electron chi connectivity index (χ1n) is 9.75. The number of ether oxygens (including phenoxy) is 1. The van der Waals surface area contributed by atoms with Crippen LogP contribution >= 0.6 is 12.2 Å². The van der Waals surface area contributed by atoms with E-state index in [2.05, 4.69) is 17.1 Å². The molecule has 2 aromatic carbocycles. The average Bonchev–Trinajstić information content (AvgIpc) is 2.68. The Bertz CT molecular complexity index is 949. The van der Waals surface area contributed by atoms with Gasteiger partial charge in [-0.2, -0.15) is 0 Å². The Balaban J connectivity index is 1.63. The third-order valence-electron chi connectivity index (χ3n) is 5.31. The van der Waals surface area contributed by atoms with Crippen molar-refractivity contribution >= 4 is 23.1 Å². The highest BCUT2D eigenvalue weighted by atomic mass is 32.1. The maximum atomic E-state index is 12.7. The summed E-state index contributed by atoms with van der Waals surface area (Å²) in [7, 11) is 0. The number of rotatable bonds is 4. The molecular weight excluding hydrogens is 368 g/mol. The van der Waals surface area contributed by atoms with Crippen molar-refractivity contribution in [2.45, 2.75) is 39.2 Å². The summed E-state index contributed by atoms with van der Waals surface area (Å²) in [6.45, 7) is 4.88. The number of hydrogen-bond acceptors (Lipinski definition) is 3. The van der Waals surface area contributed by atoms with Crippen LogP contribution < -0.4 is 10.1 Å². The van der Waals surface area contributed by atoms with Gasteiger partial charge in [0.25, 0.3) is 0 Å². The minimum absolute atomic E-state index is 0.189. The molecule has 1 aliphatic carbocycles. The van der Waals surface area contributed by atoms with Crippen molar-refractivity contribution in [1.82, 2.24) is 10.2 Å². The number of hydrogen-bond donors (Lipinski definition) is 1. The summed E-state index contributed by atoms with van der Waals surface area (Å²) in [6.07, 6.45) is 2.41. The van der Waals surface area contributed by atoms with Crippen molar-refractivity contribution in [1.29, 1.82) is 0 Å². The van der Waals surface area contributed by atoms with Crippen molar-refractivity contribution in [3.63, 3.8) is 0 Å². The highest BCUT2D eigenvalue weighted by Gasteiger charge is 2.36. The van der Waals surface area contributed by atoms with Gasteiger partial charge in [0.1, 0.15) is 11.5 Å². The predicted molar refractivity (Wildman–Crippen MR) is 114 cm³/mol. The minimum atomic E-state index is -0.189. The van der Waals surface area contributed by atoms with Gasteiger partial charge >= 0.3 is 0 Å². The van der Waals surface area contributed by atoms with E-state index in [-0.39, 0.29) is 11.8 Å². The monoisotopic (exact) mass is 392 g/mol. The van der Waals surface area contributed by atoms with Gasteiger partial charge in [0.15, 0.2) is 10.9 Å². The van der Waals surface area contributed by atoms with Gasteiger partial charge in [-0.25, -0.2) is 0 Å². The lowest BCUT2D eigenvalue weighted by molar-refractivity contribution is -0.116. The lowest BCUT2D eigenvalue weighted by Gasteiger charge is -2.40. The molecule has 28 heavy (non-hydrogen) atoms. The van der Waals surface area contributed by atoms with Gasteiger partial charge in [-0.3, -0.25) is 4.79 Å². The van der Waals surface area contributed by atoms with E-state index >= 15 is 0 Å². The van der Waals surface area contributed by atoms with Gasteiger partial charge in [-0.05, 0) is 74.3 Å². The Hall–Kier alpha value is -2.66. The topological polar surface area (TPSA) is 41.6 Å². The Morgan fingerprint density at radius 1 is 1.14 bits per heavy atom. The molecule has 0 bridgehead atoms. The van der Waals surface area contributed by atoms with Crippen molar-refractivity contribution in [3.8, 4) is 11.5 Å². The van der Waals surface area contributed by atoms with Gasteiger partial charge in [0.2, 0.25) is 0 Å². The lowest BCUT2D eigenvalue weighted by atomic mass is 9.85. The van der Waals surface area contributed by atoms with Crippen LogP contribution in [-0.4, -0.2) is 22.3 Å². The minimum Gasteiger partial charge on any atom is -0.457 e. The Labute approximate surface area is 171 Å². The number of ketones is 1. The highest BCUT2D eigenvalue weighted by Crippen LogP contribution is 2.37. The van der Waals surface area contributed by atoms with Crippen LogP contribution in [0.15, 0.2) is 59.8 Å². The van der Waals surface area contributed by atoms with Gasteiger partial charge in [-0.1, -0.05) is 24.3 Å². The van der Waals surface area contributed by atoms with E-state index in [4.69, 9.17) is 17.0 Å². The zero-order chi connectivity index (χ0) is 19.7. The quantitative estimate of drug-likeness (QED) is 0.738. The number of carbonyl (C=O) groups excluding carboxylic acids is 1. The summed E-state index contributed by atoms with van der Waals surface area (Å²) < 4.78 is 5.95. The summed E-state index contributed by atoms with van der Waals surface area (Å²) in [5, 5.41) is 4.07. The Morgan fingerprint density at radius 2 is 1.93 bits per heavy atom. The predicted octanol–water partition coefficient (Wildman–Crippen LogP) is 5.05. The molecule has 1 unspecified atom stereocenters. The molecule has 0 aromatic heterocycles. The number of nitrogens with one attached hydrogen (secondary N) is 1. The Morgan fingerprint density at radius 3 is 2.64 bits per heavy atom. The van der Waals surface area contributed by atoms with Crippen LogP contribution in [0.1, 0.15) is 43.4 Å². The van der Waals surface area contributed by atoms with Gasteiger partial charge < -0.3 is 15.0 Å². The number of allylic oxidation sites excluding steroid dienone is 1. The zero-order valence-corrected chi connectivity index (χ0v) is 17.0. The van der Waals surface area contributed by atoms with Gasteiger partial charge in [-0.15, -0.1) is 0 Å². The molecule has 5 heteroatoms. The number of carbonyl (C=O) groups is 1. The van der Waals surface area contributed by atoms with Crippen LogP contribution in [0.25, 0.3) is 0 Å². The van der Waals surface area contributed by atoms with Gasteiger partial charge in [0, 0.05) is 24.2 Å². The maximum absolute atomic E-state index is 12.7. The van der Waals surface area contributed by atoms with Crippen LogP contribution in [0.2, 0.25) is 0 Å². The Kier molecular flexibility index (Phi) is 5.18. The first-order chi connectivity index (χ1) is 13.6. The zero-order valence-electron chi connectivity index (χ0n) is 16.2. The average molecular weight is 393 g/mol. The fourth-order valence-electron chi connectivity index (χ4n) is 3.98. The molecule has 0 saturated carbocycles. The summed E-state index contributed by atoms with van der Waals surface area (Å²) in [5.74, 6) is 1.81. The SMILES string of the molecule is CCN1C(=S)NC(c2ccc(Oc3cccc(C)c3)cc2)C2=C1CCCC2=O. The van der Waals surface area contributed by atoms with Crippen LogP contribution in [0, 0.1) is 6.92 Å². The fourth-order valence-corrected chi connectivity index (χ4v) is 4.34. The molecular formula is C23H24N2O2S. The van der Waals surface area contributed by atoms with Crippen molar-refractivity contribution in [2.75, 3.05) is 6.54 Å². The summed E-state index contributed by atoms with van der Waals surface area (Å²) in [4.78, 5) is 14.8. The van der Waals surface area contributed by atoms with E-state index in [1.54, 1.807) is 0 Å². The number of benzene rings is 2. The van der Waals surface area contributed by atoms with Crippen LogP contribution in [-0.2, 0) is 4.79 Å². The molecule has 1 heterocycles. The molecule has 2 aliphatic rings. The molecule has 144 valence electrons. The second-order valence-electron chi connectivity index (χ2n) is 7.25. The molecule has 2 aromatic rings. The lowest BCUT2D eigenvalue weighted by Crippen LogP contribution is -2.49. The molecule has 1 atom stereocenters. The normalized spacial score (nSPS) is 19.4. The number of thiocarbonyl (C=S) groups is 1. The molecule has 4 nitrogen and oxygen atoms in total. The van der Waals surface area contributed by atoms with E-state index in [9.17, 15) is 4.79 Å². The standard InChI is InChI=1S/C23H24N2O2S/c1-3-25-19-8-5-9-20(26)21(19)22(24-23(25)28)16-10-12-17(13-11-16)27-18-7-4-6-15(2)14-18/h4,6-7,10-14,22H,3,5,8-9H2,1-2H3,(H,24,28). The van der Waals surface area contributed by atoms with E-state index in [1.165, 1.54) is 0 Å². The molecule has 0 radical (unpaired) electrons. The van der Waals surface area contributed by atoms with Crippen LogP contribution in [0.3, 0.4) is 0 Å². The molecule has 0 amide bonds. The number of aryl methyl sites for hydroxylation is 1. The summed E-state index contributed by atoms with van der Waals surface area (Å²) >= 11 is 5.58. The molecule has 1 aliphatic heterocycles. The van der Waals surface area contributed by atoms with E-state index in [0.29, 0.717) is 11.5 Å². The fraction of sp³-hybridized carbons (Fsp3) is 0.304. The first kappa shape index (κ1) is 18.7. The van der Waals surface area contributed by atoms with Crippen molar-refractivity contribution in [3.05, 3.63) is 70.9 Å². The largest absolute Gasteiger partial charge is 0.457 e. The van der Waals surface area contributed by atoms with Crippen LogP contribution in [0.5, 0.6) is 11.5 Å². The number of nitrogens with zero attached hydrogens (tertiary/aromatic N) is 1. The first-order valence-corrected chi connectivity index (χ1v) is 10.2. The maximum Gasteiger partial charge on any atom is 0.173 e. The van der Waals surface area contributed by atoms with Crippen molar-refractivity contribution in [2.24, 2.45) is 0 Å². The number of Topliss-reactive ketones (excluding diaryl/α,β-unsaturated/α-hetero) is 1. The summed E-state index contributed by atoms with van der Waals surface area (Å²) in [5.41, 5.74) is 4.14. The van der Waals surface area contributed by atoms with Gasteiger partial charge in [0.05, 0.1) is 6.04 Å². The van der Waals surface area contributed by atoms with E-state index in [1.807, 2.05) is 55.5 Å². The van der Waals surface area contributed by atoms with E-state index in [0.717, 1.165) is 53.3 Å². The highest BCUT2D eigenvalue weighted by molar-refractivity contribution is 7.80. The molecule has 0 spiro atoms. The second-order valence-corrected chi connectivity index (χ2v) is 7.64. The van der Waals surface area contributed by atoms with E-state index < -0.39 is 0 Å².